The van der Waals surface area contributed by atoms with Gasteiger partial charge in [-0.1, -0.05) is 0 Å². The molecule has 0 aliphatic carbocycles. The van der Waals surface area contributed by atoms with Crippen molar-refractivity contribution in [3.8, 4) is 0 Å². The van der Waals surface area contributed by atoms with Crippen LogP contribution in [0, 0.1) is 5.95 Å². The number of hydrogen-bond acceptors (Lipinski definition) is 5. The van der Waals surface area contributed by atoms with E-state index in [1.165, 1.54) is 6.07 Å². The van der Waals surface area contributed by atoms with Crippen LogP contribution in [0.4, 0.5) is 10.2 Å². The Morgan fingerprint density at radius 2 is 2.00 bits per heavy atom. The number of rotatable bonds is 2. The predicted molar refractivity (Wildman–Crippen MR) is 57.3 cm³/mol. The molecule has 0 bridgehead atoms. The first-order valence-corrected chi connectivity index (χ1v) is 6.82. The van der Waals surface area contributed by atoms with E-state index in [2.05, 4.69) is 15.3 Å². The molecule has 7 heteroatoms. The summed E-state index contributed by atoms with van der Waals surface area (Å²) in [7, 11) is -2.86. The molecule has 0 amide bonds. The highest BCUT2D eigenvalue weighted by molar-refractivity contribution is 7.91. The minimum absolute atomic E-state index is 0.0397. The van der Waals surface area contributed by atoms with E-state index in [4.69, 9.17) is 0 Å². The molecule has 0 atom stereocenters. The predicted octanol–water partition coefficient (Wildman–Crippen LogP) is 0.605. The van der Waals surface area contributed by atoms with Crippen LogP contribution in [0.2, 0.25) is 0 Å². The Morgan fingerprint density at radius 3 is 2.62 bits per heavy atom. The van der Waals surface area contributed by atoms with Gasteiger partial charge < -0.3 is 5.32 Å². The molecule has 0 spiro atoms. The van der Waals surface area contributed by atoms with E-state index >= 15 is 0 Å². The quantitative estimate of drug-likeness (QED) is 0.773. The van der Waals surface area contributed by atoms with Gasteiger partial charge in [-0.05, 0) is 12.8 Å². The van der Waals surface area contributed by atoms with E-state index in [0.717, 1.165) is 6.33 Å². The van der Waals surface area contributed by atoms with Crippen molar-refractivity contribution in [3.05, 3.63) is 18.3 Å². The Labute approximate surface area is 93.0 Å². The zero-order valence-corrected chi connectivity index (χ0v) is 9.37. The van der Waals surface area contributed by atoms with Crippen molar-refractivity contribution in [1.82, 2.24) is 9.97 Å². The Morgan fingerprint density at radius 1 is 1.31 bits per heavy atom. The molecule has 5 nitrogen and oxygen atoms in total. The molecule has 1 aliphatic heterocycles. The third kappa shape index (κ3) is 2.88. The lowest BCUT2D eigenvalue weighted by molar-refractivity contribution is 0.556. The van der Waals surface area contributed by atoms with Crippen molar-refractivity contribution in [2.45, 2.75) is 18.9 Å². The third-order valence-electron chi connectivity index (χ3n) is 2.54. The van der Waals surface area contributed by atoms with Crippen LogP contribution < -0.4 is 5.32 Å². The number of halogens is 1. The summed E-state index contributed by atoms with van der Waals surface area (Å²) in [4.78, 5) is 7.20. The Balaban J connectivity index is 1.97. The standard InChI is InChI=1S/C9H12FN3O2S/c10-8-5-9(12-6-11-8)13-7-1-3-16(14,15)4-2-7/h5-7H,1-4H2,(H,11,12,13). The summed E-state index contributed by atoms with van der Waals surface area (Å²) >= 11 is 0. The SMILES string of the molecule is O=S1(=O)CCC(Nc2cc(F)ncn2)CC1. The van der Waals surface area contributed by atoms with Gasteiger partial charge in [-0.2, -0.15) is 4.39 Å². The van der Waals surface area contributed by atoms with Crippen LogP contribution in [-0.4, -0.2) is 35.9 Å². The van der Waals surface area contributed by atoms with Crippen molar-refractivity contribution in [1.29, 1.82) is 0 Å². The fraction of sp³-hybridized carbons (Fsp3) is 0.556. The lowest BCUT2D eigenvalue weighted by Gasteiger charge is -2.23. The highest BCUT2D eigenvalue weighted by atomic mass is 32.2. The molecule has 1 fully saturated rings. The van der Waals surface area contributed by atoms with Crippen molar-refractivity contribution < 1.29 is 12.8 Å². The maximum Gasteiger partial charge on any atom is 0.217 e. The number of anilines is 1. The van der Waals surface area contributed by atoms with Crippen LogP contribution >= 0.6 is 0 Å². The molecule has 2 rings (SSSR count). The highest BCUT2D eigenvalue weighted by Gasteiger charge is 2.23. The van der Waals surface area contributed by atoms with Gasteiger partial charge >= 0.3 is 0 Å². The largest absolute Gasteiger partial charge is 0.367 e. The van der Waals surface area contributed by atoms with E-state index in [1.807, 2.05) is 0 Å². The smallest absolute Gasteiger partial charge is 0.217 e. The maximum atomic E-state index is 12.8. The van der Waals surface area contributed by atoms with Crippen molar-refractivity contribution in [2.75, 3.05) is 16.8 Å². The van der Waals surface area contributed by atoms with E-state index in [9.17, 15) is 12.8 Å². The minimum atomic E-state index is -2.86. The topological polar surface area (TPSA) is 72.0 Å². The third-order valence-corrected chi connectivity index (χ3v) is 4.26. The van der Waals surface area contributed by atoms with Crippen molar-refractivity contribution in [2.24, 2.45) is 0 Å². The van der Waals surface area contributed by atoms with Crippen LogP contribution in [0.25, 0.3) is 0 Å². The van der Waals surface area contributed by atoms with Gasteiger partial charge in [-0.3, -0.25) is 0 Å². The first-order chi connectivity index (χ1) is 7.55. The van der Waals surface area contributed by atoms with Gasteiger partial charge in [-0.25, -0.2) is 18.4 Å². The second-order valence-corrected chi connectivity index (χ2v) is 6.10. The molecular weight excluding hydrogens is 233 g/mol. The van der Waals surface area contributed by atoms with Crippen molar-refractivity contribution in [3.63, 3.8) is 0 Å². The van der Waals surface area contributed by atoms with Gasteiger partial charge in [0.15, 0.2) is 0 Å². The molecule has 0 aromatic carbocycles. The summed E-state index contributed by atoms with van der Waals surface area (Å²) < 4.78 is 35.1. The fourth-order valence-corrected chi connectivity index (χ4v) is 3.15. The van der Waals surface area contributed by atoms with Gasteiger partial charge in [0.1, 0.15) is 22.0 Å². The van der Waals surface area contributed by atoms with E-state index in [0.29, 0.717) is 18.7 Å². The number of sulfone groups is 1. The second kappa shape index (κ2) is 4.32. The van der Waals surface area contributed by atoms with Crippen LogP contribution in [0.3, 0.4) is 0 Å². The molecule has 1 N–H and O–H groups in total. The first-order valence-electron chi connectivity index (χ1n) is 5.00. The molecule has 1 aromatic rings. The number of aromatic nitrogens is 2. The Bertz CT molecular complexity index is 463. The lowest BCUT2D eigenvalue weighted by atomic mass is 10.1. The molecule has 88 valence electrons. The molecule has 16 heavy (non-hydrogen) atoms. The summed E-state index contributed by atoms with van der Waals surface area (Å²) in [6.45, 7) is 0. The average molecular weight is 245 g/mol. The molecule has 1 aromatic heterocycles. The maximum absolute atomic E-state index is 12.8. The monoisotopic (exact) mass is 245 g/mol. The molecule has 2 heterocycles. The summed E-state index contributed by atoms with van der Waals surface area (Å²) in [5, 5.41) is 3.00. The first kappa shape index (κ1) is 11.3. The van der Waals surface area contributed by atoms with Gasteiger partial charge in [0, 0.05) is 12.1 Å². The molecule has 0 radical (unpaired) electrons. The van der Waals surface area contributed by atoms with Gasteiger partial charge in [-0.15, -0.1) is 0 Å². The Kier molecular flexibility index (Phi) is 3.04. The van der Waals surface area contributed by atoms with E-state index in [1.54, 1.807) is 0 Å². The number of nitrogens with zero attached hydrogens (tertiary/aromatic N) is 2. The lowest BCUT2D eigenvalue weighted by Crippen LogP contribution is -2.32. The van der Waals surface area contributed by atoms with E-state index < -0.39 is 15.8 Å². The molecule has 1 aliphatic rings. The minimum Gasteiger partial charge on any atom is -0.367 e. The molecule has 0 unspecified atom stereocenters. The number of hydrogen-bond donors (Lipinski definition) is 1. The zero-order chi connectivity index (χ0) is 11.6. The zero-order valence-electron chi connectivity index (χ0n) is 8.56. The fourth-order valence-electron chi connectivity index (χ4n) is 1.66. The van der Waals surface area contributed by atoms with Crippen LogP contribution in [0.15, 0.2) is 12.4 Å². The molecular formula is C9H12FN3O2S. The highest BCUT2D eigenvalue weighted by Crippen LogP contribution is 2.16. The van der Waals surface area contributed by atoms with Crippen LogP contribution in [0.1, 0.15) is 12.8 Å². The van der Waals surface area contributed by atoms with Crippen LogP contribution in [0.5, 0.6) is 0 Å². The summed E-state index contributed by atoms with van der Waals surface area (Å²) in [5.74, 6) is 0.161. The van der Waals surface area contributed by atoms with Crippen LogP contribution in [-0.2, 0) is 9.84 Å². The number of nitrogens with one attached hydrogen (secondary N) is 1. The summed E-state index contributed by atoms with van der Waals surface area (Å²) in [6.07, 6.45) is 2.21. The summed E-state index contributed by atoms with van der Waals surface area (Å²) in [6, 6.07) is 1.24. The Hall–Kier alpha value is -1.24. The average Bonchev–Trinajstić information content (AvgIpc) is 2.21. The normalized spacial score (nSPS) is 20.6. The molecule has 1 saturated heterocycles. The van der Waals surface area contributed by atoms with Gasteiger partial charge in [0.25, 0.3) is 0 Å². The summed E-state index contributed by atoms with van der Waals surface area (Å²) in [5.41, 5.74) is 0. The van der Waals surface area contributed by atoms with Crippen molar-refractivity contribution >= 4 is 15.7 Å². The van der Waals surface area contributed by atoms with Gasteiger partial charge in [0.05, 0.1) is 11.5 Å². The van der Waals surface area contributed by atoms with Gasteiger partial charge in [0.2, 0.25) is 5.95 Å². The van der Waals surface area contributed by atoms with E-state index in [-0.39, 0.29) is 17.5 Å². The molecule has 0 saturated carbocycles. The second-order valence-electron chi connectivity index (χ2n) is 3.80.